The number of benzene rings is 1. The summed E-state index contributed by atoms with van der Waals surface area (Å²) in [6.07, 6.45) is 1.18. The van der Waals surface area contributed by atoms with Crippen LogP contribution in [0.1, 0.15) is 25.8 Å². The lowest BCUT2D eigenvalue weighted by Gasteiger charge is -2.17. The van der Waals surface area contributed by atoms with E-state index in [2.05, 4.69) is 19.2 Å². The maximum atomic E-state index is 5.94. The molecule has 0 heterocycles. The highest BCUT2D eigenvalue weighted by Crippen LogP contribution is 2.26. The van der Waals surface area contributed by atoms with Gasteiger partial charge in [0.05, 0.1) is 19.8 Å². The van der Waals surface area contributed by atoms with E-state index in [-0.39, 0.29) is 6.10 Å². The average molecular weight is 267 g/mol. The summed E-state index contributed by atoms with van der Waals surface area (Å²) in [6.45, 7) is 6.48. The zero-order chi connectivity index (χ0) is 14.1. The first kappa shape index (κ1) is 15.8. The zero-order valence-electron chi connectivity index (χ0n) is 12.4. The summed E-state index contributed by atoms with van der Waals surface area (Å²) in [4.78, 5) is 0. The molecule has 0 aliphatic rings. The molecule has 0 bridgehead atoms. The molecule has 0 amide bonds. The second kappa shape index (κ2) is 8.77. The lowest BCUT2D eigenvalue weighted by atomic mass is 10.2. The minimum absolute atomic E-state index is 0.199. The Morgan fingerprint density at radius 2 is 2.05 bits per heavy atom. The molecule has 19 heavy (non-hydrogen) atoms. The highest BCUT2D eigenvalue weighted by Gasteiger charge is 2.08. The summed E-state index contributed by atoms with van der Waals surface area (Å²) in [6, 6.07) is 5.94. The van der Waals surface area contributed by atoms with Gasteiger partial charge in [0.2, 0.25) is 0 Å². The number of rotatable bonds is 9. The minimum Gasteiger partial charge on any atom is -0.497 e. The second-order valence-corrected chi connectivity index (χ2v) is 4.48. The van der Waals surface area contributed by atoms with Crippen molar-refractivity contribution in [2.75, 3.05) is 27.4 Å². The lowest BCUT2D eigenvalue weighted by Crippen LogP contribution is -2.20. The van der Waals surface area contributed by atoms with Gasteiger partial charge in [-0.1, -0.05) is 13.0 Å². The Kier molecular flexibility index (Phi) is 7.30. The number of hydrogen-bond donors (Lipinski definition) is 1. The topological polar surface area (TPSA) is 39.7 Å². The van der Waals surface area contributed by atoms with E-state index in [1.807, 2.05) is 18.2 Å². The fourth-order valence-electron chi connectivity index (χ4n) is 1.61. The summed E-state index contributed by atoms with van der Waals surface area (Å²) in [7, 11) is 3.37. The van der Waals surface area contributed by atoms with Crippen LogP contribution in [0.2, 0.25) is 0 Å². The van der Waals surface area contributed by atoms with E-state index >= 15 is 0 Å². The van der Waals surface area contributed by atoms with Gasteiger partial charge in [-0.15, -0.1) is 0 Å². The molecule has 0 fully saturated rings. The Morgan fingerprint density at radius 3 is 2.68 bits per heavy atom. The molecule has 1 atom stereocenters. The minimum atomic E-state index is 0.199. The van der Waals surface area contributed by atoms with Crippen molar-refractivity contribution in [1.29, 1.82) is 0 Å². The van der Waals surface area contributed by atoms with E-state index in [1.165, 1.54) is 0 Å². The third-order valence-corrected chi connectivity index (χ3v) is 2.98. The standard InChI is InChI=1S/C15H25NO3/c1-5-12(2)19-15-10-14(18-4)7-6-13(15)11-16-8-9-17-3/h6-7,10,12,16H,5,8-9,11H2,1-4H3. The molecule has 0 spiro atoms. The predicted octanol–water partition coefficient (Wildman–Crippen LogP) is 2.61. The molecule has 0 saturated heterocycles. The quantitative estimate of drug-likeness (QED) is 0.698. The molecular weight excluding hydrogens is 242 g/mol. The van der Waals surface area contributed by atoms with Crippen molar-refractivity contribution >= 4 is 0 Å². The first-order chi connectivity index (χ1) is 9.21. The molecule has 0 saturated carbocycles. The smallest absolute Gasteiger partial charge is 0.127 e. The van der Waals surface area contributed by atoms with Crippen LogP contribution in [0.3, 0.4) is 0 Å². The second-order valence-electron chi connectivity index (χ2n) is 4.48. The molecule has 1 aromatic rings. The molecular formula is C15H25NO3. The van der Waals surface area contributed by atoms with Gasteiger partial charge in [0.25, 0.3) is 0 Å². The third kappa shape index (κ3) is 5.49. The van der Waals surface area contributed by atoms with E-state index in [0.29, 0.717) is 6.61 Å². The number of methoxy groups -OCH3 is 2. The van der Waals surface area contributed by atoms with Gasteiger partial charge in [-0.2, -0.15) is 0 Å². The largest absolute Gasteiger partial charge is 0.497 e. The molecule has 1 aromatic carbocycles. The maximum absolute atomic E-state index is 5.94. The van der Waals surface area contributed by atoms with Gasteiger partial charge in [-0.3, -0.25) is 0 Å². The van der Waals surface area contributed by atoms with Gasteiger partial charge in [0.15, 0.2) is 0 Å². The van der Waals surface area contributed by atoms with Gasteiger partial charge < -0.3 is 19.5 Å². The van der Waals surface area contributed by atoms with Crippen LogP contribution in [0, 0.1) is 0 Å². The van der Waals surface area contributed by atoms with Gasteiger partial charge in [0.1, 0.15) is 11.5 Å². The molecule has 0 radical (unpaired) electrons. The van der Waals surface area contributed by atoms with E-state index in [9.17, 15) is 0 Å². The summed E-state index contributed by atoms with van der Waals surface area (Å²) >= 11 is 0. The molecule has 1 N–H and O–H groups in total. The Balaban J connectivity index is 2.71. The fourth-order valence-corrected chi connectivity index (χ4v) is 1.61. The highest BCUT2D eigenvalue weighted by atomic mass is 16.5. The van der Waals surface area contributed by atoms with Crippen LogP contribution < -0.4 is 14.8 Å². The molecule has 0 aliphatic heterocycles. The van der Waals surface area contributed by atoms with Crippen molar-refractivity contribution in [1.82, 2.24) is 5.32 Å². The van der Waals surface area contributed by atoms with Gasteiger partial charge in [-0.25, -0.2) is 0 Å². The van der Waals surface area contributed by atoms with Crippen molar-refractivity contribution in [3.05, 3.63) is 23.8 Å². The first-order valence-corrected chi connectivity index (χ1v) is 6.74. The Morgan fingerprint density at radius 1 is 1.26 bits per heavy atom. The van der Waals surface area contributed by atoms with E-state index < -0.39 is 0 Å². The van der Waals surface area contributed by atoms with Crippen molar-refractivity contribution in [3.63, 3.8) is 0 Å². The molecule has 4 heteroatoms. The van der Waals surface area contributed by atoms with Crippen LogP contribution in [-0.4, -0.2) is 33.5 Å². The van der Waals surface area contributed by atoms with Crippen LogP contribution in [-0.2, 0) is 11.3 Å². The average Bonchev–Trinajstić information content (AvgIpc) is 2.44. The molecule has 108 valence electrons. The molecule has 1 unspecified atom stereocenters. The number of hydrogen-bond acceptors (Lipinski definition) is 4. The van der Waals surface area contributed by atoms with Crippen LogP contribution >= 0.6 is 0 Å². The summed E-state index contributed by atoms with van der Waals surface area (Å²) in [5.41, 5.74) is 1.14. The van der Waals surface area contributed by atoms with Gasteiger partial charge >= 0.3 is 0 Å². The molecule has 0 aromatic heterocycles. The van der Waals surface area contributed by atoms with Crippen LogP contribution in [0.25, 0.3) is 0 Å². The van der Waals surface area contributed by atoms with Crippen LogP contribution in [0.15, 0.2) is 18.2 Å². The van der Waals surface area contributed by atoms with Crippen LogP contribution in [0.5, 0.6) is 11.5 Å². The fraction of sp³-hybridized carbons (Fsp3) is 0.600. The molecule has 4 nitrogen and oxygen atoms in total. The molecule has 0 aliphatic carbocycles. The van der Waals surface area contributed by atoms with Crippen molar-refractivity contribution in [2.45, 2.75) is 32.9 Å². The summed E-state index contributed by atoms with van der Waals surface area (Å²) < 4.78 is 16.2. The lowest BCUT2D eigenvalue weighted by molar-refractivity contribution is 0.197. The zero-order valence-corrected chi connectivity index (χ0v) is 12.4. The monoisotopic (exact) mass is 267 g/mol. The summed E-state index contributed by atoms with van der Waals surface area (Å²) in [5.74, 6) is 1.71. The number of nitrogens with one attached hydrogen (secondary N) is 1. The number of ether oxygens (including phenoxy) is 3. The van der Waals surface area contributed by atoms with E-state index in [4.69, 9.17) is 14.2 Å². The van der Waals surface area contributed by atoms with E-state index in [0.717, 1.165) is 36.6 Å². The predicted molar refractivity (Wildman–Crippen MR) is 77.0 cm³/mol. The summed E-state index contributed by atoms with van der Waals surface area (Å²) in [5, 5.41) is 3.33. The van der Waals surface area contributed by atoms with Crippen molar-refractivity contribution < 1.29 is 14.2 Å². The maximum Gasteiger partial charge on any atom is 0.127 e. The Hall–Kier alpha value is -1.26. The van der Waals surface area contributed by atoms with Crippen molar-refractivity contribution in [2.24, 2.45) is 0 Å². The van der Waals surface area contributed by atoms with Crippen molar-refractivity contribution in [3.8, 4) is 11.5 Å². The normalized spacial score (nSPS) is 12.2. The highest BCUT2D eigenvalue weighted by molar-refractivity contribution is 5.40. The van der Waals surface area contributed by atoms with Crippen LogP contribution in [0.4, 0.5) is 0 Å². The Labute approximate surface area is 116 Å². The van der Waals surface area contributed by atoms with Gasteiger partial charge in [0, 0.05) is 31.8 Å². The SMILES string of the molecule is CCC(C)Oc1cc(OC)ccc1CNCCOC. The third-order valence-electron chi connectivity index (χ3n) is 2.98. The Bertz CT molecular complexity index is 368. The first-order valence-electron chi connectivity index (χ1n) is 6.74. The molecule has 1 rings (SSSR count). The van der Waals surface area contributed by atoms with E-state index in [1.54, 1.807) is 14.2 Å². The van der Waals surface area contributed by atoms with Gasteiger partial charge in [-0.05, 0) is 19.4 Å².